The average molecular weight is 353 g/mol. The summed E-state index contributed by atoms with van der Waals surface area (Å²) in [7, 11) is 1.78. The molecule has 1 N–H and O–H groups in total. The summed E-state index contributed by atoms with van der Waals surface area (Å²) < 4.78 is 6.88. The number of aryl methyl sites for hydroxylation is 1. The van der Waals surface area contributed by atoms with Crippen molar-refractivity contribution in [3.63, 3.8) is 0 Å². The van der Waals surface area contributed by atoms with Gasteiger partial charge in [-0.2, -0.15) is 10.1 Å². The van der Waals surface area contributed by atoms with E-state index in [2.05, 4.69) is 34.4 Å². The van der Waals surface area contributed by atoms with E-state index >= 15 is 0 Å². The van der Waals surface area contributed by atoms with E-state index in [4.69, 9.17) is 4.52 Å². The van der Waals surface area contributed by atoms with Crippen molar-refractivity contribution in [1.82, 2.24) is 25.2 Å². The Kier molecular flexibility index (Phi) is 5.46. The number of nitrogens with zero attached hydrogens (tertiary/aromatic N) is 4. The molecule has 2 aromatic heterocycles. The van der Waals surface area contributed by atoms with E-state index in [9.17, 15) is 4.79 Å². The number of benzene rings is 1. The van der Waals surface area contributed by atoms with E-state index in [1.807, 2.05) is 36.4 Å². The SMILES string of the molecule is CC(C)Cc1cc(C(=O)NCCc2noc(-c3ccccc3)n2)n(C)n1. The second-order valence-electron chi connectivity index (χ2n) is 6.63. The Labute approximate surface area is 152 Å². The van der Waals surface area contributed by atoms with E-state index in [0.717, 1.165) is 17.7 Å². The van der Waals surface area contributed by atoms with Crippen LogP contribution in [-0.2, 0) is 19.9 Å². The molecule has 1 aromatic carbocycles. The molecule has 3 rings (SSSR count). The molecule has 3 aromatic rings. The highest BCUT2D eigenvalue weighted by atomic mass is 16.5. The van der Waals surface area contributed by atoms with Crippen molar-refractivity contribution in [2.75, 3.05) is 6.54 Å². The normalized spacial score (nSPS) is 11.1. The number of rotatable bonds is 7. The molecular weight excluding hydrogens is 330 g/mol. The highest BCUT2D eigenvalue weighted by molar-refractivity contribution is 5.92. The molecule has 26 heavy (non-hydrogen) atoms. The first-order valence-corrected chi connectivity index (χ1v) is 8.72. The molecule has 0 unspecified atom stereocenters. The summed E-state index contributed by atoms with van der Waals surface area (Å²) in [6.45, 7) is 4.68. The third kappa shape index (κ3) is 4.36. The summed E-state index contributed by atoms with van der Waals surface area (Å²) in [5, 5.41) is 11.2. The van der Waals surface area contributed by atoms with Crippen LogP contribution in [0.5, 0.6) is 0 Å². The minimum absolute atomic E-state index is 0.151. The zero-order valence-corrected chi connectivity index (χ0v) is 15.3. The molecule has 0 bridgehead atoms. The minimum Gasteiger partial charge on any atom is -0.350 e. The van der Waals surface area contributed by atoms with Crippen molar-refractivity contribution in [3.05, 3.63) is 53.6 Å². The smallest absolute Gasteiger partial charge is 0.269 e. The standard InChI is InChI=1S/C19H23N5O2/c1-13(2)11-15-12-16(24(3)22-15)18(25)20-10-9-17-21-19(26-23-17)14-7-5-4-6-8-14/h4-8,12-13H,9-11H2,1-3H3,(H,20,25). The first kappa shape index (κ1) is 17.8. The number of aromatic nitrogens is 4. The number of nitrogens with one attached hydrogen (secondary N) is 1. The van der Waals surface area contributed by atoms with Crippen LogP contribution >= 0.6 is 0 Å². The van der Waals surface area contributed by atoms with Crippen LogP contribution in [0.3, 0.4) is 0 Å². The third-order valence-corrected chi connectivity index (χ3v) is 3.90. The molecule has 7 heteroatoms. The third-order valence-electron chi connectivity index (χ3n) is 3.90. The molecule has 1 amide bonds. The summed E-state index contributed by atoms with van der Waals surface area (Å²) >= 11 is 0. The van der Waals surface area contributed by atoms with Crippen molar-refractivity contribution in [3.8, 4) is 11.5 Å². The Morgan fingerprint density at radius 3 is 2.77 bits per heavy atom. The number of hydrogen-bond acceptors (Lipinski definition) is 5. The number of hydrogen-bond donors (Lipinski definition) is 1. The van der Waals surface area contributed by atoms with E-state index < -0.39 is 0 Å². The Morgan fingerprint density at radius 1 is 1.27 bits per heavy atom. The molecule has 0 aliphatic heterocycles. The monoisotopic (exact) mass is 353 g/mol. The molecule has 0 spiro atoms. The van der Waals surface area contributed by atoms with Gasteiger partial charge < -0.3 is 9.84 Å². The first-order valence-electron chi connectivity index (χ1n) is 8.72. The van der Waals surface area contributed by atoms with Crippen LogP contribution in [0.2, 0.25) is 0 Å². The topological polar surface area (TPSA) is 85.8 Å². The predicted molar refractivity (Wildman–Crippen MR) is 97.5 cm³/mol. The van der Waals surface area contributed by atoms with Gasteiger partial charge in [0.2, 0.25) is 0 Å². The summed E-state index contributed by atoms with van der Waals surface area (Å²) in [5.74, 6) is 1.39. The number of carbonyl (C=O) groups excluding carboxylic acids is 1. The zero-order chi connectivity index (χ0) is 18.5. The maximum absolute atomic E-state index is 12.3. The van der Waals surface area contributed by atoms with Crippen molar-refractivity contribution in [2.24, 2.45) is 13.0 Å². The Bertz CT molecular complexity index is 867. The average Bonchev–Trinajstić information content (AvgIpc) is 3.22. The predicted octanol–water partition coefficient (Wildman–Crippen LogP) is 2.64. The molecule has 0 fully saturated rings. The van der Waals surface area contributed by atoms with E-state index in [1.165, 1.54) is 0 Å². The molecule has 0 atom stereocenters. The molecule has 0 aliphatic rings. The summed E-state index contributed by atoms with van der Waals surface area (Å²) in [5.41, 5.74) is 2.36. The lowest BCUT2D eigenvalue weighted by Crippen LogP contribution is -2.27. The van der Waals surface area contributed by atoms with Gasteiger partial charge in [0.1, 0.15) is 5.69 Å². The fourth-order valence-electron chi connectivity index (χ4n) is 2.69. The second kappa shape index (κ2) is 7.95. The van der Waals surface area contributed by atoms with Crippen molar-refractivity contribution in [1.29, 1.82) is 0 Å². The van der Waals surface area contributed by atoms with Crippen molar-refractivity contribution in [2.45, 2.75) is 26.7 Å². The van der Waals surface area contributed by atoms with Crippen LogP contribution in [0.1, 0.15) is 35.9 Å². The van der Waals surface area contributed by atoms with Gasteiger partial charge in [0.15, 0.2) is 5.82 Å². The second-order valence-corrected chi connectivity index (χ2v) is 6.63. The molecule has 2 heterocycles. The van der Waals surface area contributed by atoms with Crippen LogP contribution in [0.15, 0.2) is 40.9 Å². The van der Waals surface area contributed by atoms with E-state index in [-0.39, 0.29) is 5.91 Å². The zero-order valence-electron chi connectivity index (χ0n) is 15.3. The highest BCUT2D eigenvalue weighted by Crippen LogP contribution is 2.16. The Hall–Kier alpha value is -2.96. The van der Waals surface area contributed by atoms with Gasteiger partial charge in [-0.05, 0) is 30.5 Å². The Morgan fingerprint density at radius 2 is 2.04 bits per heavy atom. The molecule has 0 saturated heterocycles. The van der Waals surface area contributed by atoms with Gasteiger partial charge in [0.05, 0.1) is 5.69 Å². The van der Waals surface area contributed by atoms with Gasteiger partial charge in [-0.25, -0.2) is 0 Å². The molecule has 7 nitrogen and oxygen atoms in total. The summed E-state index contributed by atoms with van der Waals surface area (Å²) in [6.07, 6.45) is 1.35. The van der Waals surface area contributed by atoms with Gasteiger partial charge >= 0.3 is 0 Å². The molecule has 0 saturated carbocycles. The molecule has 0 radical (unpaired) electrons. The van der Waals surface area contributed by atoms with Crippen molar-refractivity contribution >= 4 is 5.91 Å². The number of amides is 1. The molecule has 136 valence electrons. The lowest BCUT2D eigenvalue weighted by molar-refractivity contribution is 0.0944. The van der Waals surface area contributed by atoms with Gasteiger partial charge in [-0.3, -0.25) is 9.48 Å². The van der Waals surface area contributed by atoms with Gasteiger partial charge in [0, 0.05) is 25.6 Å². The fourth-order valence-corrected chi connectivity index (χ4v) is 2.69. The van der Waals surface area contributed by atoms with Crippen LogP contribution in [0.4, 0.5) is 0 Å². The fraction of sp³-hybridized carbons (Fsp3) is 0.368. The van der Waals surface area contributed by atoms with Gasteiger partial charge in [-0.1, -0.05) is 37.2 Å². The molecule has 0 aliphatic carbocycles. The van der Waals surface area contributed by atoms with Crippen LogP contribution in [0.25, 0.3) is 11.5 Å². The number of carbonyl (C=O) groups is 1. The maximum atomic E-state index is 12.3. The summed E-state index contributed by atoms with van der Waals surface area (Å²) in [4.78, 5) is 16.7. The Balaban J connectivity index is 1.54. The van der Waals surface area contributed by atoms with Crippen LogP contribution in [-0.4, -0.2) is 32.4 Å². The summed E-state index contributed by atoms with van der Waals surface area (Å²) in [6, 6.07) is 11.4. The quantitative estimate of drug-likeness (QED) is 0.706. The van der Waals surface area contributed by atoms with E-state index in [0.29, 0.717) is 36.3 Å². The minimum atomic E-state index is -0.151. The largest absolute Gasteiger partial charge is 0.350 e. The van der Waals surface area contributed by atoms with Crippen LogP contribution in [0, 0.1) is 5.92 Å². The van der Waals surface area contributed by atoms with Crippen molar-refractivity contribution < 1.29 is 9.32 Å². The van der Waals surface area contributed by atoms with E-state index in [1.54, 1.807) is 11.7 Å². The lowest BCUT2D eigenvalue weighted by Gasteiger charge is -2.03. The molecular formula is C19H23N5O2. The van der Waals surface area contributed by atoms with Gasteiger partial charge in [0.25, 0.3) is 11.8 Å². The van der Waals surface area contributed by atoms with Gasteiger partial charge in [-0.15, -0.1) is 0 Å². The first-order chi connectivity index (χ1) is 12.5. The van der Waals surface area contributed by atoms with Crippen LogP contribution < -0.4 is 5.32 Å². The highest BCUT2D eigenvalue weighted by Gasteiger charge is 2.14. The maximum Gasteiger partial charge on any atom is 0.269 e. The lowest BCUT2D eigenvalue weighted by atomic mass is 10.1.